The van der Waals surface area contributed by atoms with E-state index >= 15 is 0 Å². The van der Waals surface area contributed by atoms with Crippen molar-refractivity contribution in [3.8, 4) is 28.3 Å². The molecule has 2 bridgehead atoms. The Morgan fingerprint density at radius 2 is 1.59 bits per heavy atom. The highest BCUT2D eigenvalue weighted by Crippen LogP contribution is 2.34. The van der Waals surface area contributed by atoms with Crippen molar-refractivity contribution in [2.45, 2.75) is 31.5 Å². The van der Waals surface area contributed by atoms with Crippen LogP contribution in [-0.4, -0.2) is 64.5 Å². The fourth-order valence-electron chi connectivity index (χ4n) is 6.55. The highest BCUT2D eigenvalue weighted by atomic mass is 35.5. The maximum atomic E-state index is 6.35. The van der Waals surface area contributed by atoms with Crippen LogP contribution in [0.15, 0.2) is 91.4 Å². The second kappa shape index (κ2) is 11.0. The van der Waals surface area contributed by atoms with Crippen LogP contribution in [0.5, 0.6) is 0 Å². The SMILES string of the molecule is Nc1ncccc1-c1nc2ccc(-c3ccccc3)nc2n1-c1ccc(CN2C3CCC2CN(c2ncnc(Cl)n2)C3)cc1. The van der Waals surface area contributed by atoms with Gasteiger partial charge in [0.15, 0.2) is 11.5 Å². The van der Waals surface area contributed by atoms with Crippen LogP contribution in [0.2, 0.25) is 5.28 Å². The summed E-state index contributed by atoms with van der Waals surface area (Å²) in [4.78, 5) is 31.9. The first-order chi connectivity index (χ1) is 21.6. The number of benzene rings is 2. The first-order valence-corrected chi connectivity index (χ1v) is 15.1. The van der Waals surface area contributed by atoms with E-state index in [1.165, 1.54) is 11.9 Å². The lowest BCUT2D eigenvalue weighted by Gasteiger charge is -2.41. The van der Waals surface area contributed by atoms with Crippen molar-refractivity contribution in [1.82, 2.24) is 39.4 Å². The number of rotatable bonds is 6. The summed E-state index contributed by atoms with van der Waals surface area (Å²) in [5, 5.41) is 0.233. The van der Waals surface area contributed by atoms with Gasteiger partial charge in [-0.25, -0.2) is 24.9 Å². The van der Waals surface area contributed by atoms with Crippen molar-refractivity contribution in [3.63, 3.8) is 0 Å². The van der Waals surface area contributed by atoms with Crippen molar-refractivity contribution in [2.75, 3.05) is 23.7 Å². The molecular weight excluding hydrogens is 572 g/mol. The topological polar surface area (TPSA) is 115 Å². The molecule has 0 aliphatic carbocycles. The number of anilines is 2. The third-order valence-electron chi connectivity index (χ3n) is 8.66. The molecule has 2 unspecified atom stereocenters. The minimum absolute atomic E-state index is 0.233. The molecule has 44 heavy (non-hydrogen) atoms. The molecule has 2 N–H and O–H groups in total. The molecule has 218 valence electrons. The Kier molecular flexibility index (Phi) is 6.65. The van der Waals surface area contributed by atoms with Crippen LogP contribution in [0.4, 0.5) is 11.8 Å². The minimum Gasteiger partial charge on any atom is -0.383 e. The zero-order valence-corrected chi connectivity index (χ0v) is 24.6. The third kappa shape index (κ3) is 4.82. The Bertz CT molecular complexity index is 1950. The maximum absolute atomic E-state index is 6.35. The molecule has 2 fully saturated rings. The molecule has 0 amide bonds. The van der Waals surface area contributed by atoms with Gasteiger partial charge in [-0.05, 0) is 66.4 Å². The molecule has 2 atom stereocenters. The Labute approximate surface area is 259 Å². The molecule has 6 heterocycles. The molecule has 6 aromatic rings. The maximum Gasteiger partial charge on any atom is 0.229 e. The molecular formula is C33H29ClN10. The highest BCUT2D eigenvalue weighted by Gasteiger charge is 2.40. The number of nitrogens with two attached hydrogens (primary N) is 1. The quantitative estimate of drug-likeness (QED) is 0.267. The smallest absolute Gasteiger partial charge is 0.229 e. The van der Waals surface area contributed by atoms with E-state index in [1.807, 2.05) is 42.5 Å². The van der Waals surface area contributed by atoms with Crippen molar-refractivity contribution in [1.29, 1.82) is 0 Å². The zero-order chi connectivity index (χ0) is 29.6. The summed E-state index contributed by atoms with van der Waals surface area (Å²) >= 11 is 6.04. The van der Waals surface area contributed by atoms with Crippen molar-refractivity contribution in [2.24, 2.45) is 0 Å². The van der Waals surface area contributed by atoms with Gasteiger partial charge in [-0.1, -0.05) is 42.5 Å². The van der Waals surface area contributed by atoms with E-state index in [0.717, 1.165) is 66.1 Å². The average molecular weight is 601 g/mol. The number of halogens is 1. The monoisotopic (exact) mass is 600 g/mol. The summed E-state index contributed by atoms with van der Waals surface area (Å²) in [5.74, 6) is 1.80. The number of hydrogen-bond donors (Lipinski definition) is 1. The normalized spacial score (nSPS) is 18.2. The van der Waals surface area contributed by atoms with Crippen LogP contribution < -0.4 is 10.6 Å². The number of nitrogen functional groups attached to an aromatic ring is 1. The van der Waals surface area contributed by atoms with Crippen LogP contribution in [0, 0.1) is 0 Å². The largest absolute Gasteiger partial charge is 0.383 e. The predicted molar refractivity (Wildman–Crippen MR) is 171 cm³/mol. The molecule has 2 aromatic carbocycles. The molecule has 0 saturated carbocycles. The van der Waals surface area contributed by atoms with Gasteiger partial charge in [0.25, 0.3) is 0 Å². The summed E-state index contributed by atoms with van der Waals surface area (Å²) in [7, 11) is 0. The van der Waals surface area contributed by atoms with Gasteiger partial charge in [0, 0.05) is 49.2 Å². The van der Waals surface area contributed by atoms with Crippen molar-refractivity contribution < 1.29 is 0 Å². The van der Waals surface area contributed by atoms with Crippen LogP contribution in [0.25, 0.3) is 39.5 Å². The van der Waals surface area contributed by atoms with Crippen molar-refractivity contribution in [3.05, 3.63) is 102 Å². The Morgan fingerprint density at radius 3 is 2.34 bits per heavy atom. The number of hydrogen-bond acceptors (Lipinski definition) is 9. The molecule has 10 nitrogen and oxygen atoms in total. The van der Waals surface area contributed by atoms with Crippen LogP contribution in [0.1, 0.15) is 18.4 Å². The van der Waals surface area contributed by atoms with Gasteiger partial charge in [-0.3, -0.25) is 9.47 Å². The number of piperazine rings is 1. The molecule has 0 spiro atoms. The first kappa shape index (κ1) is 26.7. The summed E-state index contributed by atoms with van der Waals surface area (Å²) in [6, 6.07) is 27.6. The summed E-state index contributed by atoms with van der Waals surface area (Å²) < 4.78 is 2.08. The average Bonchev–Trinajstić information content (AvgIpc) is 3.53. The Morgan fingerprint density at radius 1 is 0.795 bits per heavy atom. The summed E-state index contributed by atoms with van der Waals surface area (Å²) in [5.41, 5.74) is 12.8. The van der Waals surface area contributed by atoms with E-state index in [4.69, 9.17) is 27.3 Å². The zero-order valence-electron chi connectivity index (χ0n) is 23.8. The number of imidazole rings is 1. The van der Waals surface area contributed by atoms with Crippen LogP contribution >= 0.6 is 11.6 Å². The van der Waals surface area contributed by atoms with Gasteiger partial charge in [0.1, 0.15) is 17.7 Å². The van der Waals surface area contributed by atoms with Gasteiger partial charge in [-0.2, -0.15) is 4.98 Å². The number of fused-ring (bicyclic) bond motifs is 3. The highest BCUT2D eigenvalue weighted by molar-refractivity contribution is 6.28. The van der Waals surface area contributed by atoms with Gasteiger partial charge in [-0.15, -0.1) is 0 Å². The van der Waals surface area contributed by atoms with Gasteiger partial charge in [0.05, 0.1) is 11.3 Å². The molecule has 4 aromatic heterocycles. The lowest BCUT2D eigenvalue weighted by atomic mass is 10.1. The molecule has 0 radical (unpaired) electrons. The van der Waals surface area contributed by atoms with Crippen LogP contribution in [0.3, 0.4) is 0 Å². The third-order valence-corrected chi connectivity index (χ3v) is 8.84. The van der Waals surface area contributed by atoms with Crippen LogP contribution in [-0.2, 0) is 6.54 Å². The Hall–Kier alpha value is -4.93. The fraction of sp³-hybridized carbons (Fsp3) is 0.212. The minimum atomic E-state index is 0.233. The predicted octanol–water partition coefficient (Wildman–Crippen LogP) is 5.42. The Balaban J connectivity index is 1.11. The number of nitrogens with zero attached hydrogens (tertiary/aromatic N) is 9. The van der Waals surface area contributed by atoms with Gasteiger partial charge >= 0.3 is 0 Å². The summed E-state index contributed by atoms with van der Waals surface area (Å²) in [6.45, 7) is 2.63. The molecule has 2 aliphatic rings. The second-order valence-electron chi connectivity index (χ2n) is 11.3. The van der Waals surface area contributed by atoms with Crippen molar-refractivity contribution >= 4 is 34.5 Å². The van der Waals surface area contributed by atoms with E-state index < -0.39 is 0 Å². The lowest BCUT2D eigenvalue weighted by molar-refractivity contribution is 0.160. The molecule has 11 heteroatoms. The fourth-order valence-corrected chi connectivity index (χ4v) is 6.67. The second-order valence-corrected chi connectivity index (χ2v) is 11.6. The van der Waals surface area contributed by atoms with E-state index in [2.05, 4.69) is 70.7 Å². The van der Waals surface area contributed by atoms with Gasteiger partial charge < -0.3 is 10.6 Å². The van der Waals surface area contributed by atoms with E-state index in [1.54, 1.807) is 6.20 Å². The molecule has 2 saturated heterocycles. The first-order valence-electron chi connectivity index (χ1n) is 14.7. The molecule has 8 rings (SSSR count). The van der Waals surface area contributed by atoms with E-state index in [0.29, 0.717) is 29.7 Å². The lowest BCUT2D eigenvalue weighted by Crippen LogP contribution is -2.53. The standard InChI is InChI=1S/C33H29ClN10/c34-32-37-20-38-33(41-32)42-18-24-12-13-25(19-42)43(24)17-21-8-10-23(11-9-21)44-30(26-7-4-16-36-29(26)35)40-28-15-14-27(39-31(28)44)22-5-2-1-3-6-22/h1-11,14-16,20,24-25H,12-13,17-19H2,(H2,35,36). The number of pyridine rings is 2. The van der Waals surface area contributed by atoms with Gasteiger partial charge in [0.2, 0.25) is 11.2 Å². The van der Waals surface area contributed by atoms with E-state index in [-0.39, 0.29) is 5.28 Å². The number of aromatic nitrogens is 7. The van der Waals surface area contributed by atoms with E-state index in [9.17, 15) is 0 Å². The molecule has 2 aliphatic heterocycles. The summed E-state index contributed by atoms with van der Waals surface area (Å²) in [6.07, 6.45) is 5.49.